The average Bonchev–Trinajstić information content (AvgIpc) is 3.18. The van der Waals surface area contributed by atoms with Crippen LogP contribution in [0, 0.1) is 5.92 Å². The van der Waals surface area contributed by atoms with Gasteiger partial charge in [-0.2, -0.15) is 0 Å². The van der Waals surface area contributed by atoms with E-state index in [2.05, 4.69) is 10.6 Å². The van der Waals surface area contributed by atoms with Crippen LogP contribution in [0.3, 0.4) is 0 Å². The number of hydrogen-bond donors (Lipinski definition) is 3. The maximum atomic E-state index is 12.4. The van der Waals surface area contributed by atoms with Crippen molar-refractivity contribution >= 4 is 11.6 Å². The first-order chi connectivity index (χ1) is 11.7. The van der Waals surface area contributed by atoms with Gasteiger partial charge < -0.3 is 21.1 Å². The van der Waals surface area contributed by atoms with E-state index < -0.39 is 0 Å². The van der Waals surface area contributed by atoms with Gasteiger partial charge in [0.1, 0.15) is 11.5 Å². The fraction of sp³-hybridized carbons (Fsp3) is 0.316. The SMILES string of the molecule is Nc1cccc(Oc2ccc(C(=O)NC3CC4CC3CN4)cc2)c1. The quantitative estimate of drug-likeness (QED) is 0.756. The monoisotopic (exact) mass is 323 g/mol. The van der Waals surface area contributed by atoms with Crippen LogP contribution in [0.5, 0.6) is 11.5 Å². The topological polar surface area (TPSA) is 76.4 Å². The van der Waals surface area contributed by atoms with Gasteiger partial charge >= 0.3 is 0 Å². The molecule has 24 heavy (non-hydrogen) atoms. The van der Waals surface area contributed by atoms with E-state index in [-0.39, 0.29) is 5.91 Å². The summed E-state index contributed by atoms with van der Waals surface area (Å²) in [6.45, 7) is 1.02. The molecule has 4 N–H and O–H groups in total. The lowest BCUT2D eigenvalue weighted by atomic mass is 10.0. The van der Waals surface area contributed by atoms with Crippen LogP contribution in [-0.4, -0.2) is 24.5 Å². The predicted molar refractivity (Wildman–Crippen MR) is 93.1 cm³/mol. The van der Waals surface area contributed by atoms with Gasteiger partial charge in [-0.05, 0) is 55.2 Å². The number of piperidine rings is 1. The third kappa shape index (κ3) is 3.08. The first-order valence-electron chi connectivity index (χ1n) is 8.35. The molecule has 1 saturated heterocycles. The summed E-state index contributed by atoms with van der Waals surface area (Å²) in [4.78, 5) is 12.4. The van der Waals surface area contributed by atoms with Gasteiger partial charge in [0.2, 0.25) is 0 Å². The van der Waals surface area contributed by atoms with Crippen LogP contribution in [0.4, 0.5) is 5.69 Å². The summed E-state index contributed by atoms with van der Waals surface area (Å²) in [6, 6.07) is 15.3. The average molecular weight is 323 g/mol. The Morgan fingerprint density at radius 1 is 1.12 bits per heavy atom. The fourth-order valence-corrected chi connectivity index (χ4v) is 3.65. The first kappa shape index (κ1) is 15.0. The predicted octanol–water partition coefficient (Wildman–Crippen LogP) is 2.54. The van der Waals surface area contributed by atoms with E-state index in [0.717, 1.165) is 13.0 Å². The standard InChI is InChI=1S/C19H21N3O2/c20-14-2-1-3-17(9-14)24-16-6-4-12(5-7-16)19(23)22-18-10-15-8-13(18)11-21-15/h1-7,9,13,15,18,21H,8,10-11,20H2,(H,22,23). The third-order valence-electron chi connectivity index (χ3n) is 4.89. The van der Waals surface area contributed by atoms with Crippen LogP contribution in [-0.2, 0) is 0 Å². The van der Waals surface area contributed by atoms with E-state index in [1.807, 2.05) is 18.2 Å². The van der Waals surface area contributed by atoms with Crippen LogP contribution < -0.4 is 21.1 Å². The number of ether oxygens (including phenoxy) is 1. The molecule has 1 aliphatic carbocycles. The zero-order valence-electron chi connectivity index (χ0n) is 13.4. The van der Waals surface area contributed by atoms with E-state index >= 15 is 0 Å². The number of nitrogens with one attached hydrogen (secondary N) is 2. The first-order valence-corrected chi connectivity index (χ1v) is 8.35. The van der Waals surface area contributed by atoms with E-state index in [0.29, 0.717) is 40.8 Å². The second-order valence-electron chi connectivity index (χ2n) is 6.62. The number of rotatable bonds is 4. The van der Waals surface area contributed by atoms with E-state index in [9.17, 15) is 4.79 Å². The highest BCUT2D eigenvalue weighted by Gasteiger charge is 2.39. The largest absolute Gasteiger partial charge is 0.457 e. The summed E-state index contributed by atoms with van der Waals surface area (Å²) in [5.41, 5.74) is 7.06. The number of amides is 1. The van der Waals surface area contributed by atoms with Crippen molar-refractivity contribution in [3.05, 3.63) is 54.1 Å². The molecular formula is C19H21N3O2. The molecule has 3 unspecified atom stereocenters. The van der Waals surface area contributed by atoms with E-state index in [1.165, 1.54) is 6.42 Å². The van der Waals surface area contributed by atoms with Gasteiger partial charge in [0.05, 0.1) is 0 Å². The van der Waals surface area contributed by atoms with Crippen LogP contribution in [0.15, 0.2) is 48.5 Å². The Balaban J connectivity index is 1.39. The van der Waals surface area contributed by atoms with Crippen LogP contribution >= 0.6 is 0 Å². The minimum Gasteiger partial charge on any atom is -0.457 e. The number of fused-ring (bicyclic) bond motifs is 2. The highest BCUT2D eigenvalue weighted by molar-refractivity contribution is 5.94. The van der Waals surface area contributed by atoms with E-state index in [1.54, 1.807) is 30.3 Å². The van der Waals surface area contributed by atoms with Gasteiger partial charge in [-0.1, -0.05) is 6.07 Å². The lowest BCUT2D eigenvalue weighted by Crippen LogP contribution is -2.44. The molecule has 1 amide bonds. The molecule has 2 aromatic carbocycles. The molecule has 0 radical (unpaired) electrons. The van der Waals surface area contributed by atoms with Gasteiger partial charge in [0.15, 0.2) is 0 Å². The van der Waals surface area contributed by atoms with Crippen molar-refractivity contribution in [2.24, 2.45) is 5.92 Å². The summed E-state index contributed by atoms with van der Waals surface area (Å²) in [5, 5.41) is 6.62. The molecule has 2 aliphatic rings. The molecule has 1 aliphatic heterocycles. The second kappa shape index (κ2) is 6.17. The number of hydrogen-bond acceptors (Lipinski definition) is 4. The molecule has 4 rings (SSSR count). The van der Waals surface area contributed by atoms with Crippen molar-refractivity contribution in [2.75, 3.05) is 12.3 Å². The van der Waals surface area contributed by atoms with Crippen molar-refractivity contribution < 1.29 is 9.53 Å². The Bertz CT molecular complexity index is 745. The number of nitrogen functional groups attached to an aromatic ring is 1. The Hall–Kier alpha value is -2.53. The molecule has 5 heteroatoms. The summed E-state index contributed by atoms with van der Waals surface area (Å²) >= 11 is 0. The van der Waals surface area contributed by atoms with Gasteiger partial charge in [-0.25, -0.2) is 0 Å². The summed E-state index contributed by atoms with van der Waals surface area (Å²) in [5.74, 6) is 1.93. The smallest absolute Gasteiger partial charge is 0.251 e. The maximum absolute atomic E-state index is 12.4. The van der Waals surface area contributed by atoms with Gasteiger partial charge in [0.25, 0.3) is 5.91 Å². The molecule has 1 saturated carbocycles. The molecule has 0 aromatic heterocycles. The van der Waals surface area contributed by atoms with Crippen molar-refractivity contribution in [1.82, 2.24) is 10.6 Å². The lowest BCUT2D eigenvalue weighted by Gasteiger charge is -2.23. The highest BCUT2D eigenvalue weighted by Crippen LogP contribution is 2.31. The molecule has 2 aromatic rings. The summed E-state index contributed by atoms with van der Waals surface area (Å²) in [6.07, 6.45) is 2.21. The second-order valence-corrected chi connectivity index (χ2v) is 6.62. The number of carbonyl (C=O) groups excluding carboxylic acids is 1. The Labute approximate surface area is 141 Å². The molecule has 124 valence electrons. The minimum atomic E-state index is -0.0111. The van der Waals surface area contributed by atoms with Crippen molar-refractivity contribution in [2.45, 2.75) is 24.9 Å². The van der Waals surface area contributed by atoms with Gasteiger partial charge in [-0.15, -0.1) is 0 Å². The molecule has 3 atom stereocenters. The highest BCUT2D eigenvalue weighted by atomic mass is 16.5. The molecule has 2 fully saturated rings. The zero-order valence-corrected chi connectivity index (χ0v) is 13.4. The number of carbonyl (C=O) groups is 1. The molecule has 1 heterocycles. The lowest BCUT2D eigenvalue weighted by molar-refractivity contribution is 0.0925. The maximum Gasteiger partial charge on any atom is 0.251 e. The van der Waals surface area contributed by atoms with Gasteiger partial charge in [-0.3, -0.25) is 4.79 Å². The normalized spacial score (nSPS) is 24.8. The van der Waals surface area contributed by atoms with Crippen molar-refractivity contribution in [3.8, 4) is 11.5 Å². The van der Waals surface area contributed by atoms with Crippen LogP contribution in [0.1, 0.15) is 23.2 Å². The zero-order chi connectivity index (χ0) is 16.5. The Morgan fingerprint density at radius 3 is 2.62 bits per heavy atom. The number of nitrogens with two attached hydrogens (primary N) is 1. The van der Waals surface area contributed by atoms with Crippen molar-refractivity contribution in [1.29, 1.82) is 0 Å². The molecule has 0 spiro atoms. The van der Waals surface area contributed by atoms with Crippen LogP contribution in [0.2, 0.25) is 0 Å². The Morgan fingerprint density at radius 2 is 1.96 bits per heavy atom. The van der Waals surface area contributed by atoms with Crippen LogP contribution in [0.25, 0.3) is 0 Å². The Kier molecular flexibility index (Phi) is 3.86. The molecular weight excluding hydrogens is 302 g/mol. The van der Waals surface area contributed by atoms with Gasteiger partial charge in [0, 0.05) is 35.9 Å². The van der Waals surface area contributed by atoms with Crippen molar-refractivity contribution in [3.63, 3.8) is 0 Å². The minimum absolute atomic E-state index is 0.0111. The number of benzene rings is 2. The summed E-state index contributed by atoms with van der Waals surface area (Å²) in [7, 11) is 0. The third-order valence-corrected chi connectivity index (χ3v) is 4.89. The summed E-state index contributed by atoms with van der Waals surface area (Å²) < 4.78 is 5.75. The van der Waals surface area contributed by atoms with E-state index in [4.69, 9.17) is 10.5 Å². The fourth-order valence-electron chi connectivity index (χ4n) is 3.65. The molecule has 2 bridgehead atoms. The molecule has 5 nitrogen and oxygen atoms in total. The number of anilines is 1.